The van der Waals surface area contributed by atoms with E-state index >= 15 is 0 Å². The van der Waals surface area contributed by atoms with Crippen LogP contribution in [-0.2, 0) is 17.4 Å². The first-order valence-electron chi connectivity index (χ1n) is 7.18. The van der Waals surface area contributed by atoms with Gasteiger partial charge in [0.2, 0.25) is 11.8 Å². The quantitative estimate of drug-likeness (QED) is 0.870. The van der Waals surface area contributed by atoms with Crippen molar-refractivity contribution in [1.82, 2.24) is 10.1 Å². The Hall–Kier alpha value is -2.38. The number of anilines is 1. The Balaban J connectivity index is 1.77. The van der Waals surface area contributed by atoms with Crippen molar-refractivity contribution in [1.29, 1.82) is 0 Å². The van der Waals surface area contributed by atoms with Gasteiger partial charge in [0.15, 0.2) is 5.82 Å². The van der Waals surface area contributed by atoms with Crippen LogP contribution < -0.4 is 4.90 Å². The Morgan fingerprint density at radius 2 is 2.00 bits per heavy atom. The van der Waals surface area contributed by atoms with Crippen LogP contribution in [0.1, 0.15) is 36.5 Å². The average molecular weight is 325 g/mol. The van der Waals surface area contributed by atoms with E-state index in [0.717, 1.165) is 12.1 Å². The third kappa shape index (κ3) is 3.06. The molecule has 23 heavy (non-hydrogen) atoms. The standard InChI is InChI=1S/C15H14F3N3O2/c1-2-12-19-14(23-20-12)9-7-13(22)21(8-9)11-5-3-10(4-6-11)15(16,17)18/h3-6,9H,2,7-8H2,1H3. The number of nitrogens with zero attached hydrogens (tertiary/aromatic N) is 3. The van der Waals surface area contributed by atoms with Crippen LogP contribution in [0.3, 0.4) is 0 Å². The van der Waals surface area contributed by atoms with E-state index in [0.29, 0.717) is 30.4 Å². The highest BCUT2D eigenvalue weighted by Crippen LogP contribution is 2.34. The molecule has 0 bridgehead atoms. The van der Waals surface area contributed by atoms with Crippen LogP contribution in [0.15, 0.2) is 28.8 Å². The van der Waals surface area contributed by atoms with Gasteiger partial charge >= 0.3 is 6.18 Å². The van der Waals surface area contributed by atoms with Gasteiger partial charge in [-0.3, -0.25) is 4.79 Å². The number of alkyl halides is 3. The van der Waals surface area contributed by atoms with Gasteiger partial charge in [-0.25, -0.2) is 0 Å². The number of hydrogen-bond donors (Lipinski definition) is 0. The van der Waals surface area contributed by atoms with E-state index in [1.807, 2.05) is 6.92 Å². The molecule has 1 atom stereocenters. The summed E-state index contributed by atoms with van der Waals surface area (Å²) in [5.74, 6) is 0.550. The zero-order valence-electron chi connectivity index (χ0n) is 12.3. The Bertz CT molecular complexity index is 710. The lowest BCUT2D eigenvalue weighted by Crippen LogP contribution is -2.24. The van der Waals surface area contributed by atoms with Crippen LogP contribution in [0.4, 0.5) is 18.9 Å². The molecule has 2 heterocycles. The predicted octanol–water partition coefficient (Wildman–Crippen LogP) is 3.17. The van der Waals surface area contributed by atoms with Gasteiger partial charge in [-0.1, -0.05) is 12.1 Å². The molecule has 5 nitrogen and oxygen atoms in total. The van der Waals surface area contributed by atoms with Gasteiger partial charge < -0.3 is 9.42 Å². The minimum absolute atomic E-state index is 0.175. The number of benzene rings is 1. The molecule has 2 aromatic rings. The second kappa shape index (κ2) is 5.68. The molecule has 0 radical (unpaired) electrons. The van der Waals surface area contributed by atoms with Crippen LogP contribution in [-0.4, -0.2) is 22.6 Å². The van der Waals surface area contributed by atoms with Gasteiger partial charge in [-0.05, 0) is 24.3 Å². The number of aryl methyl sites for hydroxylation is 1. The van der Waals surface area contributed by atoms with Gasteiger partial charge in [0, 0.05) is 25.1 Å². The summed E-state index contributed by atoms with van der Waals surface area (Å²) >= 11 is 0. The molecule has 1 fully saturated rings. The molecule has 1 aromatic heterocycles. The van der Waals surface area contributed by atoms with E-state index in [9.17, 15) is 18.0 Å². The van der Waals surface area contributed by atoms with E-state index in [1.165, 1.54) is 17.0 Å². The molecule has 0 spiro atoms. The predicted molar refractivity (Wildman–Crippen MR) is 74.8 cm³/mol. The van der Waals surface area contributed by atoms with Crippen LogP contribution in [0.2, 0.25) is 0 Å². The molecule has 0 aliphatic carbocycles. The Labute approximate surface area is 130 Å². The maximum absolute atomic E-state index is 12.6. The van der Waals surface area contributed by atoms with Gasteiger partial charge in [-0.2, -0.15) is 18.2 Å². The van der Waals surface area contributed by atoms with Crippen molar-refractivity contribution in [2.45, 2.75) is 31.9 Å². The molecule has 1 amide bonds. The highest BCUT2D eigenvalue weighted by Gasteiger charge is 2.36. The molecule has 0 N–H and O–H groups in total. The monoisotopic (exact) mass is 325 g/mol. The van der Waals surface area contributed by atoms with Crippen molar-refractivity contribution in [2.24, 2.45) is 0 Å². The van der Waals surface area contributed by atoms with Crippen molar-refractivity contribution >= 4 is 11.6 Å². The van der Waals surface area contributed by atoms with Crippen molar-refractivity contribution in [3.8, 4) is 0 Å². The number of aromatic nitrogens is 2. The number of carbonyl (C=O) groups excluding carboxylic acids is 1. The summed E-state index contributed by atoms with van der Waals surface area (Å²) in [5, 5.41) is 3.80. The lowest BCUT2D eigenvalue weighted by molar-refractivity contribution is -0.137. The van der Waals surface area contributed by atoms with E-state index in [2.05, 4.69) is 10.1 Å². The molecular formula is C15H14F3N3O2. The summed E-state index contributed by atoms with van der Waals surface area (Å²) in [7, 11) is 0. The minimum Gasteiger partial charge on any atom is -0.339 e. The van der Waals surface area contributed by atoms with Crippen molar-refractivity contribution < 1.29 is 22.5 Å². The molecule has 1 saturated heterocycles. The smallest absolute Gasteiger partial charge is 0.339 e. The molecule has 1 unspecified atom stereocenters. The summed E-state index contributed by atoms with van der Waals surface area (Å²) in [4.78, 5) is 17.8. The topological polar surface area (TPSA) is 59.2 Å². The van der Waals surface area contributed by atoms with Gasteiger partial charge in [0.1, 0.15) is 0 Å². The van der Waals surface area contributed by atoms with E-state index < -0.39 is 11.7 Å². The average Bonchev–Trinajstić information content (AvgIpc) is 3.12. The fourth-order valence-electron chi connectivity index (χ4n) is 2.53. The Kier molecular flexibility index (Phi) is 3.83. The molecule has 122 valence electrons. The first-order chi connectivity index (χ1) is 10.9. The van der Waals surface area contributed by atoms with Gasteiger partial charge in [0.25, 0.3) is 0 Å². The van der Waals surface area contributed by atoms with Crippen molar-refractivity contribution in [2.75, 3.05) is 11.4 Å². The normalized spacial score (nSPS) is 18.7. The molecule has 0 saturated carbocycles. The second-order valence-electron chi connectivity index (χ2n) is 5.35. The lowest BCUT2D eigenvalue weighted by Gasteiger charge is -2.17. The summed E-state index contributed by atoms with van der Waals surface area (Å²) in [6.45, 7) is 2.21. The van der Waals surface area contributed by atoms with E-state index in [-0.39, 0.29) is 18.2 Å². The third-order valence-electron chi connectivity index (χ3n) is 3.78. The summed E-state index contributed by atoms with van der Waals surface area (Å²) in [5.41, 5.74) is -0.310. The zero-order valence-corrected chi connectivity index (χ0v) is 12.3. The Morgan fingerprint density at radius 3 is 2.57 bits per heavy atom. The summed E-state index contributed by atoms with van der Waals surface area (Å²) in [6, 6.07) is 4.54. The fourth-order valence-corrected chi connectivity index (χ4v) is 2.53. The number of hydrogen-bond acceptors (Lipinski definition) is 4. The summed E-state index contributed by atoms with van der Waals surface area (Å²) < 4.78 is 42.9. The lowest BCUT2D eigenvalue weighted by atomic mass is 10.1. The van der Waals surface area contributed by atoms with Gasteiger partial charge in [-0.15, -0.1) is 0 Å². The third-order valence-corrected chi connectivity index (χ3v) is 3.78. The number of rotatable bonds is 3. The highest BCUT2D eigenvalue weighted by molar-refractivity contribution is 5.96. The molecule has 1 aliphatic rings. The van der Waals surface area contributed by atoms with Crippen molar-refractivity contribution in [3.63, 3.8) is 0 Å². The molecule has 1 aromatic carbocycles. The first kappa shape index (κ1) is 15.5. The van der Waals surface area contributed by atoms with Crippen LogP contribution in [0.25, 0.3) is 0 Å². The van der Waals surface area contributed by atoms with Crippen LogP contribution in [0.5, 0.6) is 0 Å². The van der Waals surface area contributed by atoms with Crippen molar-refractivity contribution in [3.05, 3.63) is 41.5 Å². The Morgan fingerprint density at radius 1 is 1.30 bits per heavy atom. The highest BCUT2D eigenvalue weighted by atomic mass is 19.4. The maximum atomic E-state index is 12.6. The first-order valence-corrected chi connectivity index (χ1v) is 7.18. The van der Waals surface area contributed by atoms with Crippen LogP contribution >= 0.6 is 0 Å². The number of halogens is 3. The fraction of sp³-hybridized carbons (Fsp3) is 0.400. The molecule has 8 heteroatoms. The zero-order chi connectivity index (χ0) is 16.6. The maximum Gasteiger partial charge on any atom is 0.416 e. The van der Waals surface area contributed by atoms with Crippen LogP contribution in [0, 0.1) is 0 Å². The van der Waals surface area contributed by atoms with Gasteiger partial charge in [0.05, 0.1) is 11.5 Å². The number of carbonyl (C=O) groups is 1. The largest absolute Gasteiger partial charge is 0.416 e. The second-order valence-corrected chi connectivity index (χ2v) is 5.35. The molecular weight excluding hydrogens is 311 g/mol. The molecule has 3 rings (SSSR count). The SMILES string of the molecule is CCc1noc(C2CC(=O)N(c3ccc(C(F)(F)F)cc3)C2)n1. The summed E-state index contributed by atoms with van der Waals surface area (Å²) in [6.07, 6.45) is -3.56. The van der Waals surface area contributed by atoms with E-state index in [1.54, 1.807) is 0 Å². The van der Waals surface area contributed by atoms with E-state index in [4.69, 9.17) is 4.52 Å². The number of amides is 1. The minimum atomic E-state index is -4.39. The molecule has 1 aliphatic heterocycles.